The first-order valence-corrected chi connectivity index (χ1v) is 9.49. The molecule has 1 aliphatic rings. The molecule has 29 heavy (non-hydrogen) atoms. The number of aliphatic carboxylic acids is 1. The molecule has 1 aliphatic heterocycles. The smallest absolute Gasteiger partial charge is 0.329 e. The number of esters is 1. The zero-order valence-corrected chi connectivity index (χ0v) is 17.9. The molecule has 0 saturated carbocycles. The minimum Gasteiger partial charge on any atom is -0.508 e. The van der Waals surface area contributed by atoms with Gasteiger partial charge in [0, 0.05) is 18.2 Å². The summed E-state index contributed by atoms with van der Waals surface area (Å²) in [6.45, 7) is 7.22. The maximum atomic E-state index is 11.8. The number of carboxylic acid groups (broad SMARTS) is 1. The fraction of sp³-hybridized carbons (Fsp3) is 0.500. The van der Waals surface area contributed by atoms with E-state index in [0.29, 0.717) is 13.0 Å². The molecule has 8 nitrogen and oxygen atoms in total. The summed E-state index contributed by atoms with van der Waals surface area (Å²) in [7, 11) is 0. The molecular formula is C20H28N2O6S. The van der Waals surface area contributed by atoms with E-state index in [1.165, 1.54) is 24.0 Å². The van der Waals surface area contributed by atoms with Crippen molar-refractivity contribution in [3.8, 4) is 5.75 Å². The third-order valence-electron chi connectivity index (χ3n) is 3.94. The zero-order valence-electron chi connectivity index (χ0n) is 17.0. The number of carboxylic acids is 1. The molecule has 0 aliphatic carbocycles. The van der Waals surface area contributed by atoms with Crippen LogP contribution in [-0.4, -0.2) is 62.1 Å². The van der Waals surface area contributed by atoms with Crippen molar-refractivity contribution in [3.63, 3.8) is 0 Å². The molecule has 0 radical (unpaired) electrons. The van der Waals surface area contributed by atoms with Gasteiger partial charge in [0.2, 0.25) is 5.91 Å². The Kier molecular flexibility index (Phi) is 8.72. The van der Waals surface area contributed by atoms with Crippen LogP contribution >= 0.6 is 12.2 Å². The Bertz CT molecular complexity index is 757. The van der Waals surface area contributed by atoms with Crippen LogP contribution in [0.5, 0.6) is 5.75 Å². The number of aromatic hydroxyl groups is 1. The second kappa shape index (κ2) is 10.3. The Labute approximate surface area is 175 Å². The van der Waals surface area contributed by atoms with E-state index in [1.54, 1.807) is 32.9 Å². The molecule has 1 saturated heterocycles. The van der Waals surface area contributed by atoms with Gasteiger partial charge in [-0.15, -0.1) is 0 Å². The quantitative estimate of drug-likeness (QED) is 0.491. The minimum atomic E-state index is -1.02. The van der Waals surface area contributed by atoms with Crippen LogP contribution in [-0.2, 0) is 25.5 Å². The highest BCUT2D eigenvalue weighted by molar-refractivity contribution is 7.80. The normalized spacial score (nSPS) is 17.2. The van der Waals surface area contributed by atoms with Gasteiger partial charge < -0.3 is 25.6 Å². The maximum Gasteiger partial charge on any atom is 0.329 e. The topological polar surface area (TPSA) is 130 Å². The number of amides is 1. The maximum absolute atomic E-state index is 11.8. The summed E-state index contributed by atoms with van der Waals surface area (Å²) >= 11 is 5.05. The van der Waals surface area contributed by atoms with Gasteiger partial charge in [-0.2, -0.15) is 0 Å². The van der Waals surface area contributed by atoms with Crippen molar-refractivity contribution in [2.75, 3.05) is 6.54 Å². The summed E-state index contributed by atoms with van der Waals surface area (Å²) in [5.74, 6) is -1.38. The van der Waals surface area contributed by atoms with Gasteiger partial charge in [0.15, 0.2) is 0 Å². The number of thiocarbonyl (C=S) groups is 1. The lowest BCUT2D eigenvalue weighted by Gasteiger charge is -2.26. The van der Waals surface area contributed by atoms with E-state index < -0.39 is 23.7 Å². The SMILES string of the molecule is CC(=O)N1CC(=S)C[C@H]1C(=O)OC(C)(C)C.N[C@@H](Cc1ccc(O)cc1)C(=O)O. The number of phenolic OH excluding ortho intramolecular Hbond substituents is 1. The van der Waals surface area contributed by atoms with E-state index in [9.17, 15) is 14.4 Å². The number of rotatable bonds is 4. The van der Waals surface area contributed by atoms with Crippen molar-refractivity contribution in [1.29, 1.82) is 0 Å². The molecule has 1 fully saturated rings. The molecule has 2 rings (SSSR count). The number of ether oxygens (including phenoxy) is 1. The molecule has 0 unspecified atom stereocenters. The number of carbonyl (C=O) groups excluding carboxylic acids is 2. The third kappa shape index (κ3) is 8.57. The average molecular weight is 425 g/mol. The first-order valence-electron chi connectivity index (χ1n) is 9.08. The van der Waals surface area contributed by atoms with Crippen LogP contribution in [0.25, 0.3) is 0 Å². The lowest BCUT2D eigenvalue weighted by atomic mass is 10.1. The van der Waals surface area contributed by atoms with Crippen molar-refractivity contribution in [2.24, 2.45) is 5.73 Å². The number of benzene rings is 1. The van der Waals surface area contributed by atoms with Gasteiger partial charge in [-0.25, -0.2) is 4.79 Å². The standard InChI is InChI=1S/C11H17NO3S.C9H11NO3/c1-7(13)12-6-8(16)5-9(12)10(14)15-11(2,3)4;10-8(9(12)13)5-6-1-3-7(11)4-2-6/h9H,5-6H2,1-4H3;1-4,8,11H,5,10H2,(H,12,13)/t9-;8-/m00/s1. The van der Waals surface area contributed by atoms with Crippen LogP contribution in [0.1, 0.15) is 39.7 Å². The number of phenols is 1. The summed E-state index contributed by atoms with van der Waals surface area (Å²) in [4.78, 5) is 35.8. The highest BCUT2D eigenvalue weighted by Crippen LogP contribution is 2.20. The van der Waals surface area contributed by atoms with Gasteiger partial charge in [0.1, 0.15) is 23.4 Å². The number of carbonyl (C=O) groups is 3. The van der Waals surface area contributed by atoms with Crippen LogP contribution in [0, 0.1) is 0 Å². The number of nitrogens with two attached hydrogens (primary N) is 1. The van der Waals surface area contributed by atoms with Crippen molar-refractivity contribution in [3.05, 3.63) is 29.8 Å². The van der Waals surface area contributed by atoms with E-state index in [1.807, 2.05) is 0 Å². The second-order valence-corrected chi connectivity index (χ2v) is 8.33. The van der Waals surface area contributed by atoms with Crippen LogP contribution in [0.3, 0.4) is 0 Å². The van der Waals surface area contributed by atoms with Gasteiger partial charge in [0.05, 0.1) is 6.54 Å². The lowest BCUT2D eigenvalue weighted by Crippen LogP contribution is -2.42. The van der Waals surface area contributed by atoms with Crippen LogP contribution in [0.2, 0.25) is 0 Å². The largest absolute Gasteiger partial charge is 0.508 e. The molecule has 160 valence electrons. The average Bonchev–Trinajstić information content (AvgIpc) is 2.98. The Morgan fingerprint density at radius 2 is 1.83 bits per heavy atom. The summed E-state index contributed by atoms with van der Waals surface area (Å²) in [6.07, 6.45) is 0.708. The Balaban J connectivity index is 0.000000296. The van der Waals surface area contributed by atoms with E-state index in [2.05, 4.69) is 0 Å². The van der Waals surface area contributed by atoms with Crippen molar-refractivity contribution < 1.29 is 29.3 Å². The van der Waals surface area contributed by atoms with E-state index >= 15 is 0 Å². The fourth-order valence-corrected chi connectivity index (χ4v) is 2.87. The van der Waals surface area contributed by atoms with E-state index in [4.69, 9.17) is 32.9 Å². The molecule has 1 heterocycles. The number of likely N-dealkylation sites (tertiary alicyclic amines) is 1. The molecular weight excluding hydrogens is 396 g/mol. The molecule has 1 amide bonds. The summed E-state index contributed by atoms with van der Waals surface area (Å²) in [5, 5.41) is 17.5. The van der Waals surface area contributed by atoms with Crippen LogP contribution in [0.4, 0.5) is 0 Å². The molecule has 2 atom stereocenters. The van der Waals surface area contributed by atoms with E-state index in [0.717, 1.165) is 10.4 Å². The van der Waals surface area contributed by atoms with Crippen molar-refractivity contribution >= 4 is 34.9 Å². The first-order chi connectivity index (χ1) is 13.3. The minimum absolute atomic E-state index is 0.143. The van der Waals surface area contributed by atoms with Crippen LogP contribution < -0.4 is 5.73 Å². The number of nitrogens with zero attached hydrogens (tertiary/aromatic N) is 1. The molecule has 0 spiro atoms. The van der Waals surface area contributed by atoms with Crippen molar-refractivity contribution in [1.82, 2.24) is 4.90 Å². The highest BCUT2D eigenvalue weighted by atomic mass is 32.1. The molecule has 1 aromatic rings. The van der Waals surface area contributed by atoms with Gasteiger partial charge >= 0.3 is 11.9 Å². The second-order valence-electron chi connectivity index (χ2n) is 7.75. The Morgan fingerprint density at radius 1 is 1.28 bits per heavy atom. The summed E-state index contributed by atoms with van der Waals surface area (Å²) in [5.41, 5.74) is 5.59. The molecule has 0 bridgehead atoms. The van der Waals surface area contributed by atoms with Gasteiger partial charge in [0.25, 0.3) is 0 Å². The van der Waals surface area contributed by atoms with E-state index in [-0.39, 0.29) is 24.0 Å². The van der Waals surface area contributed by atoms with Crippen molar-refractivity contribution in [2.45, 2.75) is 58.2 Å². The summed E-state index contributed by atoms with van der Waals surface area (Å²) in [6, 6.07) is 4.89. The highest BCUT2D eigenvalue weighted by Gasteiger charge is 2.37. The van der Waals surface area contributed by atoms with Crippen LogP contribution in [0.15, 0.2) is 24.3 Å². The Hall–Kier alpha value is -2.52. The number of hydrogen-bond donors (Lipinski definition) is 3. The zero-order chi connectivity index (χ0) is 22.4. The van der Waals surface area contributed by atoms with Gasteiger partial charge in [-0.1, -0.05) is 24.4 Å². The predicted molar refractivity (Wildman–Crippen MR) is 112 cm³/mol. The monoisotopic (exact) mass is 424 g/mol. The lowest BCUT2D eigenvalue weighted by molar-refractivity contribution is -0.162. The van der Waals surface area contributed by atoms with Gasteiger partial charge in [-0.3, -0.25) is 9.59 Å². The summed E-state index contributed by atoms with van der Waals surface area (Å²) < 4.78 is 5.26. The van der Waals surface area contributed by atoms with Gasteiger partial charge in [-0.05, 0) is 44.9 Å². The fourth-order valence-electron chi connectivity index (χ4n) is 2.58. The third-order valence-corrected chi connectivity index (χ3v) is 4.23. The molecule has 9 heteroatoms. The Morgan fingerprint density at radius 3 is 2.28 bits per heavy atom. The molecule has 4 N–H and O–H groups in total. The predicted octanol–water partition coefficient (Wildman–Crippen LogP) is 1.67. The number of hydrogen-bond acceptors (Lipinski definition) is 7. The first kappa shape index (κ1) is 24.5. The molecule has 0 aromatic heterocycles. The molecule has 1 aromatic carbocycles.